The lowest BCUT2D eigenvalue weighted by molar-refractivity contribution is -0.139. The van der Waals surface area contributed by atoms with Crippen molar-refractivity contribution in [1.29, 1.82) is 0 Å². The van der Waals surface area contributed by atoms with E-state index in [2.05, 4.69) is 4.98 Å². The number of benzene rings is 1. The van der Waals surface area contributed by atoms with Gasteiger partial charge in [0.15, 0.2) is 29.3 Å². The number of hydrogen-bond donors (Lipinski definition) is 2. The number of aliphatic carboxylic acids is 1. The van der Waals surface area contributed by atoms with Gasteiger partial charge in [-0.2, -0.15) is 0 Å². The number of carbonyl (C=O) groups is 1. The highest BCUT2D eigenvalue weighted by Gasteiger charge is 2.17. The Morgan fingerprint density at radius 2 is 1.87 bits per heavy atom. The van der Waals surface area contributed by atoms with Gasteiger partial charge < -0.3 is 19.5 Å². The summed E-state index contributed by atoms with van der Waals surface area (Å²) in [5.41, 5.74) is 0.473. The molecule has 0 fully saturated rings. The molecule has 0 spiro atoms. The van der Waals surface area contributed by atoms with Gasteiger partial charge in [0.25, 0.3) is 5.56 Å². The fraction of sp³-hybridized carbons (Fsp3) is 0.300. The summed E-state index contributed by atoms with van der Waals surface area (Å²) in [6.45, 7) is 3.63. The molecule has 0 saturated heterocycles. The second-order valence-corrected chi connectivity index (χ2v) is 6.52. The number of carboxylic acids is 1. The number of hydrogen-bond acceptors (Lipinski definition) is 6. The van der Waals surface area contributed by atoms with E-state index in [1.807, 2.05) is 6.92 Å². The van der Waals surface area contributed by atoms with E-state index in [1.165, 1.54) is 21.3 Å². The number of aromatic nitrogens is 4. The molecule has 2 aromatic heterocycles. The molecule has 0 bridgehead atoms. The Kier molecular flexibility index (Phi) is 5.77. The molecular weight excluding hydrogens is 392 g/mol. The van der Waals surface area contributed by atoms with Crippen LogP contribution in [0.4, 0.5) is 0 Å². The largest absolute Gasteiger partial charge is 0.504 e. The predicted octanol–water partition coefficient (Wildman–Crippen LogP) is 1.28. The zero-order valence-corrected chi connectivity index (χ0v) is 16.8. The third-order valence-corrected chi connectivity index (χ3v) is 4.67. The lowest BCUT2D eigenvalue weighted by atomic mass is 10.2. The summed E-state index contributed by atoms with van der Waals surface area (Å²) in [7, 11) is 1.70. The lowest BCUT2D eigenvalue weighted by Crippen LogP contribution is -2.39. The van der Waals surface area contributed by atoms with Crippen LogP contribution in [0.5, 0.6) is 11.5 Å². The van der Waals surface area contributed by atoms with Gasteiger partial charge in [0.05, 0.1) is 0 Å². The van der Waals surface area contributed by atoms with Gasteiger partial charge in [-0.1, -0.05) is 12.1 Å². The Morgan fingerprint density at radius 3 is 2.47 bits per heavy atom. The van der Waals surface area contributed by atoms with E-state index in [4.69, 9.17) is 9.84 Å². The van der Waals surface area contributed by atoms with Crippen molar-refractivity contribution < 1.29 is 19.7 Å². The van der Waals surface area contributed by atoms with Crippen molar-refractivity contribution in [3.8, 4) is 11.5 Å². The molecule has 0 aliphatic heterocycles. The molecule has 0 radical (unpaired) electrons. The molecular formula is C20H22N4O6. The molecule has 0 unspecified atom stereocenters. The molecule has 0 aliphatic rings. The smallest absolute Gasteiger partial charge is 0.341 e. The van der Waals surface area contributed by atoms with Gasteiger partial charge in [-0.25, -0.2) is 14.6 Å². The number of phenols is 1. The lowest BCUT2D eigenvalue weighted by Gasteiger charge is -2.08. The normalized spacial score (nSPS) is 11.4. The van der Waals surface area contributed by atoms with Gasteiger partial charge in [-0.3, -0.25) is 13.9 Å². The first kappa shape index (κ1) is 20.9. The summed E-state index contributed by atoms with van der Waals surface area (Å²) < 4.78 is 9.24. The van der Waals surface area contributed by atoms with Crippen molar-refractivity contribution >= 4 is 29.3 Å². The standard InChI is InChI=1S/C20H22N4O6/c1-4-23-18-17(19(28)24(5-2)20(23)29)22(3)15(21-18)9-7-12-6-8-14(13(25)10-12)30-11-16(26)27/h6-10,25H,4-5,11H2,1-3H3,(H,26,27). The van der Waals surface area contributed by atoms with Crippen molar-refractivity contribution in [2.75, 3.05) is 6.61 Å². The number of imidazole rings is 1. The summed E-state index contributed by atoms with van der Waals surface area (Å²) in [5, 5.41) is 18.7. The van der Waals surface area contributed by atoms with Crippen LogP contribution in [-0.2, 0) is 24.9 Å². The number of fused-ring (bicyclic) bond motifs is 1. The Bertz CT molecular complexity index is 1270. The van der Waals surface area contributed by atoms with E-state index >= 15 is 0 Å². The number of aryl methyl sites for hydroxylation is 2. The molecule has 158 valence electrons. The number of ether oxygens (including phenoxy) is 1. The van der Waals surface area contributed by atoms with Crippen molar-refractivity contribution in [1.82, 2.24) is 18.7 Å². The van der Waals surface area contributed by atoms with E-state index in [-0.39, 0.29) is 18.0 Å². The first-order chi connectivity index (χ1) is 14.3. The van der Waals surface area contributed by atoms with Gasteiger partial charge in [0.1, 0.15) is 5.82 Å². The van der Waals surface area contributed by atoms with Gasteiger partial charge in [-0.05, 0) is 37.6 Å². The molecule has 0 saturated carbocycles. The second-order valence-electron chi connectivity index (χ2n) is 6.52. The van der Waals surface area contributed by atoms with Crippen LogP contribution in [0.15, 0.2) is 27.8 Å². The van der Waals surface area contributed by atoms with E-state index in [0.717, 1.165) is 0 Å². The molecule has 10 nitrogen and oxygen atoms in total. The average Bonchev–Trinajstić information content (AvgIpc) is 3.02. The minimum atomic E-state index is -1.15. The number of phenolic OH excluding ortho intramolecular Hbond substituents is 1. The van der Waals surface area contributed by atoms with Crippen LogP contribution >= 0.6 is 0 Å². The quantitative estimate of drug-likeness (QED) is 0.596. The molecule has 30 heavy (non-hydrogen) atoms. The molecule has 2 heterocycles. The summed E-state index contributed by atoms with van der Waals surface area (Å²) in [6.07, 6.45) is 3.33. The van der Waals surface area contributed by atoms with Crippen LogP contribution in [-0.4, -0.2) is 41.5 Å². The molecule has 1 aromatic carbocycles. The van der Waals surface area contributed by atoms with Crippen LogP contribution in [0.2, 0.25) is 0 Å². The topological polar surface area (TPSA) is 129 Å². The number of rotatable bonds is 7. The number of carboxylic acid groups (broad SMARTS) is 1. The van der Waals surface area contributed by atoms with Crippen LogP contribution in [0.3, 0.4) is 0 Å². The zero-order chi connectivity index (χ0) is 22.0. The van der Waals surface area contributed by atoms with E-state index in [9.17, 15) is 19.5 Å². The van der Waals surface area contributed by atoms with Gasteiger partial charge >= 0.3 is 11.7 Å². The Balaban J connectivity index is 2.01. The maximum absolute atomic E-state index is 12.7. The van der Waals surface area contributed by atoms with Crippen molar-refractivity contribution in [2.45, 2.75) is 26.9 Å². The van der Waals surface area contributed by atoms with Crippen molar-refractivity contribution in [3.63, 3.8) is 0 Å². The van der Waals surface area contributed by atoms with E-state index < -0.39 is 23.8 Å². The first-order valence-electron chi connectivity index (χ1n) is 9.34. The summed E-state index contributed by atoms with van der Waals surface area (Å²) in [4.78, 5) is 40.3. The monoisotopic (exact) mass is 414 g/mol. The highest BCUT2D eigenvalue weighted by molar-refractivity contribution is 5.77. The zero-order valence-electron chi connectivity index (χ0n) is 16.8. The Morgan fingerprint density at radius 1 is 1.17 bits per heavy atom. The minimum Gasteiger partial charge on any atom is -0.504 e. The van der Waals surface area contributed by atoms with E-state index in [0.29, 0.717) is 29.1 Å². The van der Waals surface area contributed by atoms with Crippen molar-refractivity contribution in [2.24, 2.45) is 7.05 Å². The third kappa shape index (κ3) is 3.71. The Labute approximate surface area is 170 Å². The van der Waals surface area contributed by atoms with Gasteiger partial charge in [0.2, 0.25) is 0 Å². The summed E-state index contributed by atoms with van der Waals surface area (Å²) in [5.74, 6) is -0.824. The van der Waals surface area contributed by atoms with Gasteiger partial charge in [0, 0.05) is 20.1 Å². The van der Waals surface area contributed by atoms with E-state index in [1.54, 1.807) is 36.8 Å². The van der Waals surface area contributed by atoms with Crippen LogP contribution in [0.1, 0.15) is 25.2 Å². The Hall–Kier alpha value is -3.82. The SMILES string of the molecule is CCn1c(=O)c2c(nc(C=Cc3ccc(OCC(=O)O)c(O)c3)n2C)n(CC)c1=O. The number of nitrogens with zero attached hydrogens (tertiary/aromatic N) is 4. The molecule has 0 atom stereocenters. The maximum atomic E-state index is 12.7. The van der Waals surface area contributed by atoms with Crippen LogP contribution in [0.25, 0.3) is 23.3 Å². The molecule has 10 heteroatoms. The molecule has 0 amide bonds. The second kappa shape index (κ2) is 8.27. The maximum Gasteiger partial charge on any atom is 0.341 e. The van der Waals surface area contributed by atoms with Crippen LogP contribution < -0.4 is 16.0 Å². The van der Waals surface area contributed by atoms with Crippen molar-refractivity contribution in [3.05, 3.63) is 50.4 Å². The van der Waals surface area contributed by atoms with Gasteiger partial charge in [-0.15, -0.1) is 0 Å². The highest BCUT2D eigenvalue weighted by Crippen LogP contribution is 2.27. The molecule has 3 aromatic rings. The first-order valence-corrected chi connectivity index (χ1v) is 9.34. The van der Waals surface area contributed by atoms with Crippen LogP contribution in [0, 0.1) is 0 Å². The summed E-state index contributed by atoms with van der Waals surface area (Å²) in [6, 6.07) is 4.52. The third-order valence-electron chi connectivity index (χ3n) is 4.67. The average molecular weight is 414 g/mol. The fourth-order valence-corrected chi connectivity index (χ4v) is 3.16. The summed E-state index contributed by atoms with van der Waals surface area (Å²) >= 11 is 0. The highest BCUT2D eigenvalue weighted by atomic mass is 16.5. The molecule has 0 aliphatic carbocycles. The number of aromatic hydroxyl groups is 1. The molecule has 3 rings (SSSR count). The molecule has 2 N–H and O–H groups in total. The fourth-order valence-electron chi connectivity index (χ4n) is 3.16. The minimum absolute atomic E-state index is 0.0596. The predicted molar refractivity (Wildman–Crippen MR) is 111 cm³/mol.